The van der Waals surface area contributed by atoms with E-state index >= 15 is 0 Å². The molecule has 1 atom stereocenters. The summed E-state index contributed by atoms with van der Waals surface area (Å²) in [6, 6.07) is 11.7. The molecule has 0 saturated carbocycles. The molecule has 0 spiro atoms. The molecule has 5 nitrogen and oxygen atoms in total. The standard InChI is InChI=1S/C18H18ClNO4/c1-11-15(19)8-5-9-16(11)20-17(21)12(2)24-18(22)13-6-4-7-14(10-13)23-3/h4-10,12H,1-3H3,(H,20,21)/t12-/m0/s1. The Hall–Kier alpha value is -2.53. The number of anilines is 1. The average molecular weight is 348 g/mol. The molecule has 2 aromatic carbocycles. The van der Waals surface area contributed by atoms with Gasteiger partial charge in [-0.25, -0.2) is 4.79 Å². The van der Waals surface area contributed by atoms with E-state index in [2.05, 4.69) is 5.32 Å². The number of esters is 1. The molecule has 2 aromatic rings. The monoisotopic (exact) mass is 347 g/mol. The van der Waals surface area contributed by atoms with E-state index in [1.54, 1.807) is 49.4 Å². The second-order valence-electron chi connectivity index (χ2n) is 5.18. The molecule has 0 bridgehead atoms. The van der Waals surface area contributed by atoms with Crippen LogP contribution in [-0.4, -0.2) is 25.1 Å². The second kappa shape index (κ2) is 7.84. The molecule has 1 amide bonds. The van der Waals surface area contributed by atoms with Crippen LogP contribution in [-0.2, 0) is 9.53 Å². The normalized spacial score (nSPS) is 11.5. The first-order valence-electron chi connectivity index (χ1n) is 7.33. The Balaban J connectivity index is 2.03. The Morgan fingerprint density at radius 2 is 1.88 bits per heavy atom. The number of halogens is 1. The Morgan fingerprint density at radius 1 is 1.17 bits per heavy atom. The highest BCUT2D eigenvalue weighted by Crippen LogP contribution is 2.23. The fourth-order valence-corrected chi connectivity index (χ4v) is 2.18. The minimum atomic E-state index is -0.956. The number of hydrogen-bond donors (Lipinski definition) is 1. The minimum absolute atomic E-state index is 0.313. The number of ether oxygens (including phenoxy) is 2. The van der Waals surface area contributed by atoms with Crippen molar-refractivity contribution in [1.29, 1.82) is 0 Å². The predicted molar refractivity (Wildman–Crippen MR) is 92.7 cm³/mol. The molecule has 0 heterocycles. The quantitative estimate of drug-likeness (QED) is 0.834. The molecule has 0 aromatic heterocycles. The Morgan fingerprint density at radius 3 is 2.58 bits per heavy atom. The van der Waals surface area contributed by atoms with Crippen LogP contribution in [0.15, 0.2) is 42.5 Å². The summed E-state index contributed by atoms with van der Waals surface area (Å²) in [5.41, 5.74) is 1.64. The lowest BCUT2D eigenvalue weighted by Crippen LogP contribution is -2.30. The molecule has 1 N–H and O–H groups in total. The number of carbonyl (C=O) groups is 2. The number of hydrogen-bond acceptors (Lipinski definition) is 4. The van der Waals surface area contributed by atoms with Crippen molar-refractivity contribution in [3.63, 3.8) is 0 Å². The van der Waals surface area contributed by atoms with Crippen LogP contribution in [0.3, 0.4) is 0 Å². The van der Waals surface area contributed by atoms with Crippen LogP contribution in [0.1, 0.15) is 22.8 Å². The predicted octanol–water partition coefficient (Wildman–Crippen LogP) is 3.84. The summed E-state index contributed by atoms with van der Waals surface area (Å²) >= 11 is 6.02. The third-order valence-electron chi connectivity index (χ3n) is 3.48. The molecule has 0 fully saturated rings. The van der Waals surface area contributed by atoms with Gasteiger partial charge in [-0.1, -0.05) is 23.7 Å². The maximum absolute atomic E-state index is 12.2. The van der Waals surface area contributed by atoms with Gasteiger partial charge in [0.1, 0.15) is 5.75 Å². The van der Waals surface area contributed by atoms with Gasteiger partial charge in [0.15, 0.2) is 6.10 Å². The number of benzene rings is 2. The van der Waals surface area contributed by atoms with E-state index in [0.717, 1.165) is 5.56 Å². The minimum Gasteiger partial charge on any atom is -0.497 e. The van der Waals surface area contributed by atoms with Gasteiger partial charge in [-0.3, -0.25) is 4.79 Å². The van der Waals surface area contributed by atoms with E-state index in [1.807, 2.05) is 0 Å². The van der Waals surface area contributed by atoms with Gasteiger partial charge in [-0.15, -0.1) is 0 Å². The lowest BCUT2D eigenvalue weighted by molar-refractivity contribution is -0.123. The van der Waals surface area contributed by atoms with Crippen molar-refractivity contribution in [3.8, 4) is 5.75 Å². The topological polar surface area (TPSA) is 64.6 Å². The van der Waals surface area contributed by atoms with Crippen molar-refractivity contribution in [2.24, 2.45) is 0 Å². The Kier molecular flexibility index (Phi) is 5.82. The Bertz CT molecular complexity index is 760. The molecule has 0 radical (unpaired) electrons. The fourth-order valence-electron chi connectivity index (χ4n) is 2.01. The van der Waals surface area contributed by atoms with Crippen molar-refractivity contribution in [3.05, 3.63) is 58.6 Å². The smallest absolute Gasteiger partial charge is 0.339 e. The van der Waals surface area contributed by atoms with Gasteiger partial charge in [0, 0.05) is 10.7 Å². The largest absolute Gasteiger partial charge is 0.497 e. The van der Waals surface area contributed by atoms with Gasteiger partial charge in [-0.05, 0) is 49.7 Å². The summed E-state index contributed by atoms with van der Waals surface area (Å²) in [4.78, 5) is 24.3. The number of carbonyl (C=O) groups excluding carboxylic acids is 2. The lowest BCUT2D eigenvalue weighted by atomic mass is 10.2. The van der Waals surface area contributed by atoms with Gasteiger partial charge in [0.25, 0.3) is 5.91 Å². The van der Waals surface area contributed by atoms with Gasteiger partial charge in [0.2, 0.25) is 0 Å². The SMILES string of the molecule is COc1cccc(C(=O)O[C@@H](C)C(=O)Nc2cccc(Cl)c2C)c1. The third-order valence-corrected chi connectivity index (χ3v) is 3.89. The van der Waals surface area contributed by atoms with E-state index in [-0.39, 0.29) is 0 Å². The van der Waals surface area contributed by atoms with Crippen LogP contribution >= 0.6 is 11.6 Å². The molecule has 0 unspecified atom stereocenters. The number of amides is 1. The van der Waals surface area contributed by atoms with Crippen molar-refractivity contribution in [2.45, 2.75) is 20.0 Å². The summed E-state index contributed by atoms with van der Waals surface area (Å²) < 4.78 is 10.3. The average Bonchev–Trinajstić information content (AvgIpc) is 2.58. The first-order chi connectivity index (χ1) is 11.4. The zero-order chi connectivity index (χ0) is 17.7. The first kappa shape index (κ1) is 17.8. The molecule has 126 valence electrons. The van der Waals surface area contributed by atoms with Crippen molar-refractivity contribution in [1.82, 2.24) is 0 Å². The third kappa shape index (κ3) is 4.26. The highest BCUT2D eigenvalue weighted by molar-refractivity contribution is 6.31. The van der Waals surface area contributed by atoms with Gasteiger partial charge in [0.05, 0.1) is 12.7 Å². The lowest BCUT2D eigenvalue weighted by Gasteiger charge is -2.15. The van der Waals surface area contributed by atoms with Crippen molar-refractivity contribution < 1.29 is 19.1 Å². The maximum Gasteiger partial charge on any atom is 0.339 e. The second-order valence-corrected chi connectivity index (χ2v) is 5.59. The highest BCUT2D eigenvalue weighted by atomic mass is 35.5. The van der Waals surface area contributed by atoms with Crippen molar-refractivity contribution >= 4 is 29.2 Å². The van der Waals surface area contributed by atoms with Crippen LogP contribution in [0.25, 0.3) is 0 Å². The Labute approximate surface area is 145 Å². The molecule has 0 aliphatic carbocycles. The van der Waals surface area contributed by atoms with Crippen LogP contribution < -0.4 is 10.1 Å². The van der Waals surface area contributed by atoms with Gasteiger partial charge in [-0.2, -0.15) is 0 Å². The summed E-state index contributed by atoms with van der Waals surface area (Å²) in [6.07, 6.45) is -0.956. The van der Waals surface area contributed by atoms with Crippen molar-refractivity contribution in [2.75, 3.05) is 12.4 Å². The van der Waals surface area contributed by atoms with Crippen LogP contribution in [0, 0.1) is 6.92 Å². The highest BCUT2D eigenvalue weighted by Gasteiger charge is 2.20. The van der Waals surface area contributed by atoms with Crippen LogP contribution in [0.2, 0.25) is 5.02 Å². The van der Waals surface area contributed by atoms with Gasteiger partial charge >= 0.3 is 5.97 Å². The maximum atomic E-state index is 12.2. The molecule has 2 rings (SSSR count). The first-order valence-corrected chi connectivity index (χ1v) is 7.71. The van der Waals surface area contributed by atoms with E-state index in [0.29, 0.717) is 22.0 Å². The molecule has 24 heavy (non-hydrogen) atoms. The molecule has 0 aliphatic heterocycles. The van der Waals surface area contributed by atoms with Crippen LogP contribution in [0.5, 0.6) is 5.75 Å². The summed E-state index contributed by atoms with van der Waals surface area (Å²) in [5.74, 6) is -0.493. The van der Waals surface area contributed by atoms with E-state index in [4.69, 9.17) is 21.1 Å². The molecule has 6 heteroatoms. The van der Waals surface area contributed by atoms with E-state index < -0.39 is 18.0 Å². The summed E-state index contributed by atoms with van der Waals surface area (Å²) in [7, 11) is 1.51. The molecular formula is C18H18ClNO4. The van der Waals surface area contributed by atoms with Gasteiger partial charge < -0.3 is 14.8 Å². The number of nitrogens with one attached hydrogen (secondary N) is 1. The van der Waals surface area contributed by atoms with E-state index in [1.165, 1.54) is 14.0 Å². The fraction of sp³-hybridized carbons (Fsp3) is 0.222. The molecular weight excluding hydrogens is 330 g/mol. The van der Waals surface area contributed by atoms with E-state index in [9.17, 15) is 9.59 Å². The van der Waals surface area contributed by atoms with Crippen LogP contribution in [0.4, 0.5) is 5.69 Å². The zero-order valence-electron chi connectivity index (χ0n) is 13.6. The summed E-state index contributed by atoms with van der Waals surface area (Å²) in [5, 5.41) is 3.25. The number of methoxy groups -OCH3 is 1. The summed E-state index contributed by atoms with van der Waals surface area (Å²) in [6.45, 7) is 3.30. The molecule has 0 aliphatic rings. The number of rotatable bonds is 5. The molecule has 0 saturated heterocycles. The zero-order valence-corrected chi connectivity index (χ0v) is 14.4.